The van der Waals surface area contributed by atoms with E-state index in [0.717, 1.165) is 64.2 Å². The van der Waals surface area contributed by atoms with Gasteiger partial charge in [0, 0.05) is 12.8 Å². The molecule has 0 N–H and O–H groups in total. The van der Waals surface area contributed by atoms with Crippen molar-refractivity contribution in [3.8, 4) is 0 Å². The van der Waals surface area contributed by atoms with Crippen molar-refractivity contribution in [1.29, 1.82) is 0 Å². The molecule has 2 atom stereocenters. The lowest BCUT2D eigenvalue weighted by Gasteiger charge is -2.28. The molecule has 0 fully saturated rings. The standard InChI is InChI=1S/C66H122NO8P/c1-6-8-10-12-14-16-18-20-22-24-26-28-30-31-32-33-34-35-37-39-41-43-45-47-49-51-53-55-57-59-66(69)75-64(63-74-76(70,71)73-61-60-67(3,4)5)62-72-65(68)58-56-54-52-50-48-46-44-42-40-38-36-29-27-25-23-21-19-17-15-13-11-9-7-2/h8,10,14,16,20,22,25-28,64H,6-7,9,11-13,15,17-19,21,23-24,29-63H2,1-5H3/b10-8-,16-14-,22-20-,27-25-,28-26-. The monoisotopic (exact) mass is 1090 g/mol. The molecule has 0 radical (unpaired) electrons. The highest BCUT2D eigenvalue weighted by atomic mass is 31.2. The summed E-state index contributed by atoms with van der Waals surface area (Å²) in [6, 6.07) is 0. The maximum absolute atomic E-state index is 12.8. The van der Waals surface area contributed by atoms with E-state index in [0.29, 0.717) is 17.4 Å². The molecule has 0 amide bonds. The molecule has 0 saturated heterocycles. The summed E-state index contributed by atoms with van der Waals surface area (Å²) >= 11 is 0. The van der Waals surface area contributed by atoms with E-state index >= 15 is 0 Å². The molecule has 0 rings (SSSR count). The van der Waals surface area contributed by atoms with Crippen LogP contribution in [0.2, 0.25) is 0 Å². The Morgan fingerprint density at radius 3 is 1.13 bits per heavy atom. The van der Waals surface area contributed by atoms with Crippen molar-refractivity contribution in [2.45, 2.75) is 302 Å². The van der Waals surface area contributed by atoms with Crippen molar-refractivity contribution in [3.63, 3.8) is 0 Å². The molecule has 76 heavy (non-hydrogen) atoms. The molecular weight excluding hydrogens is 966 g/mol. The Morgan fingerprint density at radius 1 is 0.421 bits per heavy atom. The summed E-state index contributed by atoms with van der Waals surface area (Å²) in [5.74, 6) is -0.822. The van der Waals surface area contributed by atoms with Gasteiger partial charge in [-0.25, -0.2) is 0 Å². The molecule has 0 aliphatic carbocycles. The van der Waals surface area contributed by atoms with Crippen LogP contribution in [0.1, 0.15) is 296 Å². The van der Waals surface area contributed by atoms with E-state index in [1.54, 1.807) is 0 Å². The minimum atomic E-state index is -4.64. The molecule has 10 heteroatoms. The lowest BCUT2D eigenvalue weighted by molar-refractivity contribution is -0.870. The first-order valence-corrected chi connectivity index (χ1v) is 33.5. The van der Waals surface area contributed by atoms with Gasteiger partial charge in [-0.15, -0.1) is 0 Å². The Balaban J connectivity index is 4.08. The van der Waals surface area contributed by atoms with E-state index < -0.39 is 26.5 Å². The lowest BCUT2D eigenvalue weighted by Crippen LogP contribution is -2.37. The first kappa shape index (κ1) is 73.7. The summed E-state index contributed by atoms with van der Waals surface area (Å²) in [4.78, 5) is 38.0. The molecule has 0 spiro atoms. The number of rotatable bonds is 59. The summed E-state index contributed by atoms with van der Waals surface area (Å²) < 4.78 is 34.3. The number of hydrogen-bond acceptors (Lipinski definition) is 8. The number of nitrogens with zero attached hydrogens (tertiary/aromatic N) is 1. The molecule has 0 heterocycles. The first-order chi connectivity index (χ1) is 37.0. The lowest BCUT2D eigenvalue weighted by atomic mass is 10.0. The van der Waals surface area contributed by atoms with Crippen LogP contribution >= 0.6 is 7.82 Å². The van der Waals surface area contributed by atoms with E-state index in [2.05, 4.69) is 74.6 Å². The molecule has 0 aromatic carbocycles. The number of carbonyl (C=O) groups excluding carboxylic acids is 2. The van der Waals surface area contributed by atoms with Gasteiger partial charge in [0.25, 0.3) is 7.82 Å². The van der Waals surface area contributed by atoms with Gasteiger partial charge in [0.15, 0.2) is 6.10 Å². The predicted molar refractivity (Wildman–Crippen MR) is 323 cm³/mol. The van der Waals surface area contributed by atoms with Crippen LogP contribution in [-0.2, 0) is 32.7 Å². The smallest absolute Gasteiger partial charge is 0.306 e. The van der Waals surface area contributed by atoms with Gasteiger partial charge >= 0.3 is 11.9 Å². The maximum Gasteiger partial charge on any atom is 0.306 e. The Bertz CT molecular complexity index is 1470. The van der Waals surface area contributed by atoms with Crippen molar-refractivity contribution in [3.05, 3.63) is 60.8 Å². The molecule has 0 aliphatic heterocycles. The number of hydrogen-bond donors (Lipinski definition) is 0. The molecule has 9 nitrogen and oxygen atoms in total. The Morgan fingerprint density at radius 2 is 0.750 bits per heavy atom. The maximum atomic E-state index is 12.8. The Hall–Kier alpha value is -2.29. The highest BCUT2D eigenvalue weighted by molar-refractivity contribution is 7.45. The second-order valence-corrected chi connectivity index (χ2v) is 24.2. The van der Waals surface area contributed by atoms with E-state index in [1.807, 2.05) is 21.1 Å². The SMILES string of the molecule is CC/C=C\C/C=C\C/C=C\C/C=C\CCCCCCCCCCCCCCCCCCC(=O)OC(COC(=O)CCCCCCCCCCCCC/C=C\CCCCCCCCCC)COP(=O)([O-])OCC[N+](C)(C)C. The quantitative estimate of drug-likeness (QED) is 0.0195. The summed E-state index contributed by atoms with van der Waals surface area (Å²) in [6.07, 6.45) is 74.2. The average Bonchev–Trinajstić information content (AvgIpc) is 3.38. The van der Waals surface area contributed by atoms with Crippen molar-refractivity contribution < 1.29 is 42.1 Å². The van der Waals surface area contributed by atoms with Gasteiger partial charge in [-0.1, -0.05) is 267 Å². The summed E-state index contributed by atoms with van der Waals surface area (Å²) in [5.41, 5.74) is 0. The van der Waals surface area contributed by atoms with Crippen molar-refractivity contribution in [1.82, 2.24) is 0 Å². The molecule has 2 unspecified atom stereocenters. The van der Waals surface area contributed by atoms with Gasteiger partial charge in [-0.05, 0) is 77.0 Å². The molecule has 0 aromatic heterocycles. The number of likely N-dealkylation sites (N-methyl/N-ethyl adjacent to an activating group) is 1. The molecule has 0 bridgehead atoms. The van der Waals surface area contributed by atoms with E-state index in [9.17, 15) is 19.0 Å². The number of phosphoric acid groups is 1. The fraction of sp³-hybridized carbons (Fsp3) is 0.818. The normalized spacial score (nSPS) is 13.6. The van der Waals surface area contributed by atoms with E-state index in [-0.39, 0.29) is 32.0 Å². The van der Waals surface area contributed by atoms with Gasteiger partial charge in [0.2, 0.25) is 0 Å². The third-order valence-electron chi connectivity index (χ3n) is 14.0. The topological polar surface area (TPSA) is 111 Å². The van der Waals surface area contributed by atoms with E-state index in [1.165, 1.54) is 199 Å². The van der Waals surface area contributed by atoms with Gasteiger partial charge < -0.3 is 27.9 Å². The average molecular weight is 1090 g/mol. The van der Waals surface area contributed by atoms with Crippen LogP contribution in [0.3, 0.4) is 0 Å². The molecule has 0 aromatic rings. The predicted octanol–water partition coefficient (Wildman–Crippen LogP) is 19.6. The van der Waals surface area contributed by atoms with Crippen LogP contribution in [0.5, 0.6) is 0 Å². The number of esters is 2. The minimum Gasteiger partial charge on any atom is -0.756 e. The molecule has 444 valence electrons. The highest BCUT2D eigenvalue weighted by Crippen LogP contribution is 2.38. The van der Waals surface area contributed by atoms with Gasteiger partial charge in [-0.3, -0.25) is 14.2 Å². The Labute approximate surface area is 470 Å². The second-order valence-electron chi connectivity index (χ2n) is 22.7. The largest absolute Gasteiger partial charge is 0.756 e. The number of ether oxygens (including phenoxy) is 2. The Kier molecular flexibility index (Phi) is 55.7. The van der Waals surface area contributed by atoms with Crippen molar-refractivity contribution >= 4 is 19.8 Å². The summed E-state index contributed by atoms with van der Waals surface area (Å²) in [7, 11) is 1.17. The third kappa shape index (κ3) is 60.9. The molecule has 0 saturated carbocycles. The first-order valence-electron chi connectivity index (χ1n) is 32.0. The van der Waals surface area contributed by atoms with Crippen LogP contribution in [0.4, 0.5) is 0 Å². The minimum absolute atomic E-state index is 0.0307. The van der Waals surface area contributed by atoms with Crippen LogP contribution in [-0.4, -0.2) is 70.0 Å². The molecule has 0 aliphatic rings. The fourth-order valence-corrected chi connectivity index (χ4v) is 9.84. The summed E-state index contributed by atoms with van der Waals surface area (Å²) in [5, 5.41) is 0. The fourth-order valence-electron chi connectivity index (χ4n) is 9.12. The van der Waals surface area contributed by atoms with Crippen LogP contribution in [0.15, 0.2) is 60.8 Å². The highest BCUT2D eigenvalue weighted by Gasteiger charge is 2.22. The van der Waals surface area contributed by atoms with Gasteiger partial charge in [0.05, 0.1) is 27.7 Å². The summed E-state index contributed by atoms with van der Waals surface area (Å²) in [6.45, 7) is 4.17. The van der Waals surface area contributed by atoms with E-state index in [4.69, 9.17) is 18.5 Å². The zero-order valence-corrected chi connectivity index (χ0v) is 51.3. The van der Waals surface area contributed by atoms with Crippen molar-refractivity contribution in [2.75, 3.05) is 47.5 Å². The molecular formula is C66H122NO8P. The number of allylic oxidation sites excluding steroid dienone is 10. The van der Waals surface area contributed by atoms with Crippen LogP contribution in [0, 0.1) is 0 Å². The number of quaternary nitrogens is 1. The number of phosphoric ester groups is 1. The van der Waals surface area contributed by atoms with Gasteiger partial charge in [-0.2, -0.15) is 0 Å². The zero-order chi connectivity index (χ0) is 55.6. The van der Waals surface area contributed by atoms with Crippen LogP contribution in [0.25, 0.3) is 0 Å². The van der Waals surface area contributed by atoms with Gasteiger partial charge in [0.1, 0.15) is 19.8 Å². The number of carbonyl (C=O) groups is 2. The zero-order valence-electron chi connectivity index (χ0n) is 50.5. The second kappa shape index (κ2) is 57.4. The third-order valence-corrected chi connectivity index (χ3v) is 15.0. The van der Waals surface area contributed by atoms with Crippen LogP contribution < -0.4 is 4.89 Å². The van der Waals surface area contributed by atoms with Crippen molar-refractivity contribution in [2.24, 2.45) is 0 Å². The number of unbranched alkanes of at least 4 members (excludes halogenated alkanes) is 35.